The summed E-state index contributed by atoms with van der Waals surface area (Å²) in [5.41, 5.74) is 1.36. The lowest BCUT2D eigenvalue weighted by Crippen LogP contribution is -2.20. The minimum atomic E-state index is -0.539. The fourth-order valence-corrected chi connectivity index (χ4v) is 1.21. The Morgan fingerprint density at radius 2 is 2.36 bits per heavy atom. The molecule has 74 valence electrons. The van der Waals surface area contributed by atoms with Gasteiger partial charge in [-0.15, -0.1) is 0 Å². The molecule has 0 saturated heterocycles. The van der Waals surface area contributed by atoms with Gasteiger partial charge in [0.2, 0.25) is 0 Å². The van der Waals surface area contributed by atoms with E-state index in [0.717, 1.165) is 12.1 Å². The van der Waals surface area contributed by atoms with Crippen LogP contribution in [0.3, 0.4) is 0 Å². The van der Waals surface area contributed by atoms with Crippen LogP contribution in [0, 0.1) is 11.3 Å². The second-order valence-corrected chi connectivity index (χ2v) is 3.06. The predicted octanol–water partition coefficient (Wildman–Crippen LogP) is 1.20. The lowest BCUT2D eigenvalue weighted by atomic mass is 10.1. The molecule has 0 saturated carbocycles. The molecule has 2 N–H and O–H groups in total. The van der Waals surface area contributed by atoms with Crippen molar-refractivity contribution in [3.63, 3.8) is 0 Å². The van der Waals surface area contributed by atoms with Crippen molar-refractivity contribution in [2.45, 2.75) is 13.0 Å². The zero-order valence-electron chi connectivity index (χ0n) is 8.20. The zero-order valence-corrected chi connectivity index (χ0v) is 8.20. The Bertz CT molecular complexity index is 330. The van der Waals surface area contributed by atoms with Gasteiger partial charge in [-0.2, -0.15) is 5.26 Å². The van der Waals surface area contributed by atoms with Gasteiger partial charge in [0, 0.05) is 6.54 Å². The van der Waals surface area contributed by atoms with E-state index in [4.69, 9.17) is 5.26 Å². The fraction of sp³-hybridized carbons (Fsp3) is 0.364. The van der Waals surface area contributed by atoms with E-state index in [1.807, 2.05) is 19.1 Å². The molecule has 1 rings (SSSR count). The summed E-state index contributed by atoms with van der Waals surface area (Å²) in [6.07, 6.45) is -0.539. The monoisotopic (exact) mass is 190 g/mol. The first-order chi connectivity index (χ1) is 6.77. The summed E-state index contributed by atoms with van der Waals surface area (Å²) >= 11 is 0. The number of benzene rings is 1. The summed E-state index contributed by atoms with van der Waals surface area (Å²) in [6.45, 7) is 3.33. The molecule has 1 aromatic carbocycles. The quantitative estimate of drug-likeness (QED) is 0.750. The Labute approximate surface area is 84.0 Å². The largest absolute Gasteiger partial charge is 0.387 e. The maximum absolute atomic E-state index is 9.70. The molecule has 1 atom stereocenters. The van der Waals surface area contributed by atoms with Crippen molar-refractivity contribution < 1.29 is 5.11 Å². The van der Waals surface area contributed by atoms with Gasteiger partial charge in [0.25, 0.3) is 0 Å². The molecule has 0 aliphatic rings. The van der Waals surface area contributed by atoms with Gasteiger partial charge in [-0.25, -0.2) is 0 Å². The van der Waals surface area contributed by atoms with E-state index < -0.39 is 6.10 Å². The lowest BCUT2D eigenvalue weighted by molar-refractivity contribution is 0.175. The van der Waals surface area contributed by atoms with E-state index in [2.05, 4.69) is 5.32 Å². The van der Waals surface area contributed by atoms with Gasteiger partial charge in [0.1, 0.15) is 0 Å². The maximum atomic E-state index is 9.70. The summed E-state index contributed by atoms with van der Waals surface area (Å²) in [6, 6.07) is 9.09. The highest BCUT2D eigenvalue weighted by Crippen LogP contribution is 2.13. The van der Waals surface area contributed by atoms with E-state index in [1.54, 1.807) is 18.2 Å². The molecule has 3 nitrogen and oxygen atoms in total. The van der Waals surface area contributed by atoms with Gasteiger partial charge < -0.3 is 10.4 Å². The van der Waals surface area contributed by atoms with E-state index in [1.165, 1.54) is 0 Å². The molecule has 0 amide bonds. The Morgan fingerprint density at radius 3 is 3.00 bits per heavy atom. The van der Waals surface area contributed by atoms with Crippen LogP contribution in [0.25, 0.3) is 0 Å². The van der Waals surface area contributed by atoms with Crippen LogP contribution in [0.1, 0.15) is 24.2 Å². The highest BCUT2D eigenvalue weighted by Gasteiger charge is 2.06. The Hall–Kier alpha value is -1.37. The smallest absolute Gasteiger partial charge is 0.0991 e. The van der Waals surface area contributed by atoms with Gasteiger partial charge in [-0.05, 0) is 24.2 Å². The van der Waals surface area contributed by atoms with E-state index in [-0.39, 0.29) is 0 Å². The number of likely N-dealkylation sites (N-methyl/N-ethyl adjacent to an activating group) is 1. The van der Waals surface area contributed by atoms with E-state index >= 15 is 0 Å². The number of nitrogens with one attached hydrogen (secondary N) is 1. The number of aliphatic hydroxyl groups excluding tert-OH is 1. The summed E-state index contributed by atoms with van der Waals surface area (Å²) in [7, 11) is 0. The van der Waals surface area contributed by atoms with Crippen LogP contribution in [0.5, 0.6) is 0 Å². The average molecular weight is 190 g/mol. The van der Waals surface area contributed by atoms with Gasteiger partial charge in [-0.3, -0.25) is 0 Å². The van der Waals surface area contributed by atoms with Crippen LogP contribution in [0.2, 0.25) is 0 Å². The molecular formula is C11H14N2O. The van der Waals surface area contributed by atoms with Crippen LogP contribution in [0.15, 0.2) is 24.3 Å². The molecule has 0 aromatic heterocycles. The molecule has 0 bridgehead atoms. The average Bonchev–Trinajstić information content (AvgIpc) is 2.26. The Kier molecular flexibility index (Phi) is 4.11. The van der Waals surface area contributed by atoms with Crippen molar-refractivity contribution in [1.82, 2.24) is 5.32 Å². The number of hydrogen-bond donors (Lipinski definition) is 2. The molecule has 0 heterocycles. The fourth-order valence-electron chi connectivity index (χ4n) is 1.21. The molecule has 0 spiro atoms. The summed E-state index contributed by atoms with van der Waals surface area (Å²) in [5.74, 6) is 0. The van der Waals surface area contributed by atoms with Crippen LogP contribution in [0.4, 0.5) is 0 Å². The van der Waals surface area contributed by atoms with Crippen molar-refractivity contribution in [3.8, 4) is 6.07 Å². The van der Waals surface area contributed by atoms with Gasteiger partial charge in [0.05, 0.1) is 17.7 Å². The first-order valence-electron chi connectivity index (χ1n) is 4.66. The highest BCUT2D eigenvalue weighted by molar-refractivity contribution is 5.33. The molecule has 0 aliphatic carbocycles. The molecule has 1 aromatic rings. The topological polar surface area (TPSA) is 56.0 Å². The third-order valence-electron chi connectivity index (χ3n) is 1.99. The van der Waals surface area contributed by atoms with E-state index in [9.17, 15) is 5.11 Å². The molecule has 0 aliphatic heterocycles. The minimum Gasteiger partial charge on any atom is -0.387 e. The maximum Gasteiger partial charge on any atom is 0.0991 e. The third-order valence-corrected chi connectivity index (χ3v) is 1.99. The number of nitrogens with zero attached hydrogens (tertiary/aromatic N) is 1. The Balaban J connectivity index is 2.70. The van der Waals surface area contributed by atoms with Crippen LogP contribution in [-0.4, -0.2) is 18.2 Å². The minimum absolute atomic E-state index is 0.519. The number of aliphatic hydroxyl groups is 1. The first-order valence-corrected chi connectivity index (χ1v) is 4.66. The van der Waals surface area contributed by atoms with Crippen LogP contribution in [-0.2, 0) is 0 Å². The van der Waals surface area contributed by atoms with Crippen LogP contribution < -0.4 is 5.32 Å². The molecule has 1 unspecified atom stereocenters. The molecule has 0 radical (unpaired) electrons. The first kappa shape index (κ1) is 10.7. The number of rotatable bonds is 4. The summed E-state index contributed by atoms with van der Waals surface area (Å²) < 4.78 is 0. The molecule has 3 heteroatoms. The van der Waals surface area contributed by atoms with Gasteiger partial charge in [-0.1, -0.05) is 19.1 Å². The predicted molar refractivity (Wildman–Crippen MR) is 54.7 cm³/mol. The van der Waals surface area contributed by atoms with Crippen molar-refractivity contribution in [2.75, 3.05) is 13.1 Å². The normalized spacial score (nSPS) is 12.1. The highest BCUT2D eigenvalue weighted by atomic mass is 16.3. The number of nitriles is 1. The second-order valence-electron chi connectivity index (χ2n) is 3.06. The van der Waals surface area contributed by atoms with Gasteiger partial charge in [0.15, 0.2) is 0 Å². The van der Waals surface area contributed by atoms with Crippen molar-refractivity contribution in [2.24, 2.45) is 0 Å². The SMILES string of the molecule is CCNCC(O)c1cccc(C#N)c1. The van der Waals surface area contributed by atoms with E-state index in [0.29, 0.717) is 12.1 Å². The molecular weight excluding hydrogens is 176 g/mol. The standard InChI is InChI=1S/C11H14N2O/c1-2-13-8-11(14)10-5-3-4-9(6-10)7-12/h3-6,11,13-14H,2,8H2,1H3. The summed E-state index contributed by atoms with van der Waals surface area (Å²) in [4.78, 5) is 0. The molecule has 0 fully saturated rings. The summed E-state index contributed by atoms with van der Waals surface area (Å²) in [5, 5.41) is 21.4. The van der Waals surface area contributed by atoms with Gasteiger partial charge >= 0.3 is 0 Å². The van der Waals surface area contributed by atoms with Crippen LogP contribution >= 0.6 is 0 Å². The zero-order chi connectivity index (χ0) is 10.4. The lowest BCUT2D eigenvalue weighted by Gasteiger charge is -2.11. The van der Waals surface area contributed by atoms with Crippen molar-refractivity contribution in [1.29, 1.82) is 5.26 Å². The number of hydrogen-bond acceptors (Lipinski definition) is 3. The van der Waals surface area contributed by atoms with Crippen molar-refractivity contribution >= 4 is 0 Å². The molecule has 14 heavy (non-hydrogen) atoms. The third kappa shape index (κ3) is 2.84. The Morgan fingerprint density at radius 1 is 1.57 bits per heavy atom. The second kappa shape index (κ2) is 5.38. The van der Waals surface area contributed by atoms with Crippen molar-refractivity contribution in [3.05, 3.63) is 35.4 Å².